The first-order valence-electron chi connectivity index (χ1n) is 4.28. The quantitative estimate of drug-likeness (QED) is 0.780. The van der Waals surface area contributed by atoms with E-state index in [9.17, 15) is 4.79 Å². The second kappa shape index (κ2) is 6.97. The molecule has 0 aromatic heterocycles. The zero-order valence-corrected chi connectivity index (χ0v) is 10.7. The van der Waals surface area contributed by atoms with Gasteiger partial charge in [-0.2, -0.15) is 0 Å². The Morgan fingerprint density at radius 1 is 1.25 bits per heavy atom. The molecule has 1 rings (SSSR count). The highest BCUT2D eigenvalue weighted by Gasteiger charge is 2.25. The largest absolute Gasteiger partial charge is 0.478 e. The molecule has 0 fully saturated rings. The summed E-state index contributed by atoms with van der Waals surface area (Å²) in [5, 5.41) is 16.9. The molecule has 0 saturated heterocycles. The van der Waals surface area contributed by atoms with Crippen LogP contribution in [0.4, 0.5) is 0 Å². The summed E-state index contributed by atoms with van der Waals surface area (Å²) in [6, 6.07) is 8.30. The zero-order chi connectivity index (χ0) is 12.8. The summed E-state index contributed by atoms with van der Waals surface area (Å²) >= 11 is 15.4. The van der Waals surface area contributed by atoms with Gasteiger partial charge in [-0.1, -0.05) is 53.0 Å². The zero-order valence-electron chi connectivity index (χ0n) is 8.40. The Morgan fingerprint density at radius 2 is 1.62 bits per heavy atom. The van der Waals surface area contributed by atoms with Crippen LogP contribution in [0.5, 0.6) is 0 Å². The summed E-state index contributed by atoms with van der Waals surface area (Å²) < 4.78 is -1.53. The maximum Gasteiger partial charge on any atom is 0.335 e. The third-order valence-electron chi connectivity index (χ3n) is 1.49. The van der Waals surface area contributed by atoms with Crippen molar-refractivity contribution in [3.8, 4) is 0 Å². The third-order valence-corrected chi connectivity index (χ3v) is 2.44. The van der Waals surface area contributed by atoms with Crippen molar-refractivity contribution in [2.45, 2.75) is 16.8 Å². The van der Waals surface area contributed by atoms with Crippen molar-refractivity contribution in [3.63, 3.8) is 0 Å². The highest BCUT2D eigenvalue weighted by molar-refractivity contribution is 6.68. The number of carboxylic acids is 1. The molecule has 3 nitrogen and oxygen atoms in total. The Kier molecular flexibility index (Phi) is 6.76. The lowest BCUT2D eigenvalue weighted by Crippen LogP contribution is -2.20. The van der Waals surface area contributed by atoms with Crippen LogP contribution < -0.4 is 0 Å². The van der Waals surface area contributed by atoms with Gasteiger partial charge in [0.2, 0.25) is 3.79 Å². The molecule has 2 N–H and O–H groups in total. The molecule has 0 radical (unpaired) electrons. The van der Waals surface area contributed by atoms with Gasteiger partial charge in [-0.3, -0.25) is 0 Å². The van der Waals surface area contributed by atoms with Gasteiger partial charge in [-0.15, -0.1) is 0 Å². The van der Waals surface area contributed by atoms with E-state index in [-0.39, 0.29) is 0 Å². The monoisotopic (exact) mass is 284 g/mol. The van der Waals surface area contributed by atoms with Gasteiger partial charge in [-0.25, -0.2) is 4.79 Å². The van der Waals surface area contributed by atoms with E-state index in [1.54, 1.807) is 30.3 Å². The maximum atomic E-state index is 10.2. The van der Waals surface area contributed by atoms with E-state index in [4.69, 9.17) is 45.0 Å². The summed E-state index contributed by atoms with van der Waals surface area (Å²) in [4.78, 5) is 10.2. The van der Waals surface area contributed by atoms with E-state index in [2.05, 4.69) is 0 Å². The van der Waals surface area contributed by atoms with Crippen LogP contribution in [0.2, 0.25) is 0 Å². The molecule has 90 valence electrons. The number of carboxylic acid groups (broad SMARTS) is 1. The fourth-order valence-electron chi connectivity index (χ4n) is 0.581. The summed E-state index contributed by atoms with van der Waals surface area (Å²) in [6.07, 6.45) is -0.905. The van der Waals surface area contributed by atoms with Crippen molar-refractivity contribution in [1.29, 1.82) is 0 Å². The fraction of sp³-hybridized carbons (Fsp3) is 0.300. The van der Waals surface area contributed by atoms with Crippen LogP contribution in [-0.4, -0.2) is 26.1 Å². The molecular formula is C10H11Cl3O3. The summed E-state index contributed by atoms with van der Waals surface area (Å²) in [5.74, 6) is -0.879. The van der Waals surface area contributed by atoms with E-state index in [0.717, 1.165) is 0 Å². The molecule has 0 aliphatic carbocycles. The number of aliphatic hydroxyl groups is 1. The number of hydrogen-bond donors (Lipinski definition) is 2. The molecular weight excluding hydrogens is 274 g/mol. The van der Waals surface area contributed by atoms with Gasteiger partial charge in [0.15, 0.2) is 0 Å². The maximum absolute atomic E-state index is 10.2. The molecule has 0 heterocycles. The first-order valence-corrected chi connectivity index (χ1v) is 5.41. The second-order valence-corrected chi connectivity index (χ2v) is 5.26. The van der Waals surface area contributed by atoms with Crippen LogP contribution in [0, 0.1) is 0 Å². The minimum absolute atomic E-state index is 0.331. The van der Waals surface area contributed by atoms with E-state index >= 15 is 0 Å². The number of alkyl halides is 3. The van der Waals surface area contributed by atoms with Gasteiger partial charge in [0, 0.05) is 0 Å². The van der Waals surface area contributed by atoms with Gasteiger partial charge >= 0.3 is 5.97 Å². The average Bonchev–Trinajstić information content (AvgIpc) is 2.18. The van der Waals surface area contributed by atoms with Gasteiger partial charge in [0.1, 0.15) is 0 Å². The summed E-state index contributed by atoms with van der Waals surface area (Å²) in [6.45, 7) is 1.41. The molecule has 0 aliphatic heterocycles. The molecule has 0 amide bonds. The Bertz CT molecular complexity index is 320. The number of benzene rings is 1. The first kappa shape index (κ1) is 15.5. The van der Waals surface area contributed by atoms with Crippen molar-refractivity contribution in [1.82, 2.24) is 0 Å². The molecule has 0 spiro atoms. The van der Waals surface area contributed by atoms with Crippen molar-refractivity contribution in [2.24, 2.45) is 0 Å². The van der Waals surface area contributed by atoms with Crippen molar-refractivity contribution < 1.29 is 15.0 Å². The van der Waals surface area contributed by atoms with Crippen molar-refractivity contribution >= 4 is 40.8 Å². The molecule has 6 heteroatoms. The minimum Gasteiger partial charge on any atom is -0.478 e. The van der Waals surface area contributed by atoms with E-state index in [1.165, 1.54) is 6.92 Å². The van der Waals surface area contributed by atoms with Crippen LogP contribution in [0.1, 0.15) is 17.3 Å². The average molecular weight is 286 g/mol. The van der Waals surface area contributed by atoms with E-state index in [1.807, 2.05) is 0 Å². The van der Waals surface area contributed by atoms with Crippen LogP contribution >= 0.6 is 34.8 Å². The summed E-state index contributed by atoms with van der Waals surface area (Å²) in [7, 11) is 0. The molecule has 1 atom stereocenters. The van der Waals surface area contributed by atoms with Gasteiger partial charge in [0.05, 0.1) is 11.7 Å². The molecule has 0 bridgehead atoms. The van der Waals surface area contributed by atoms with Gasteiger partial charge in [-0.05, 0) is 19.1 Å². The highest BCUT2D eigenvalue weighted by Crippen LogP contribution is 2.29. The molecule has 0 aliphatic rings. The molecule has 1 aromatic carbocycles. The lowest BCUT2D eigenvalue weighted by molar-refractivity contribution is 0.0697. The standard InChI is InChI=1S/C7H6O2.C3H5Cl3O/c8-7(9)6-4-2-1-3-5-6;1-2(7)3(4,5)6/h1-5H,(H,8,9);2,7H,1H3. The van der Waals surface area contributed by atoms with Crippen LogP contribution in [0.15, 0.2) is 30.3 Å². The lowest BCUT2D eigenvalue weighted by Gasteiger charge is -2.12. The second-order valence-electron chi connectivity index (χ2n) is 2.89. The smallest absolute Gasteiger partial charge is 0.335 e. The predicted octanol–water partition coefficient (Wildman–Crippen LogP) is 3.12. The fourth-order valence-corrected chi connectivity index (χ4v) is 0.581. The van der Waals surface area contributed by atoms with Gasteiger partial charge < -0.3 is 10.2 Å². The SMILES string of the molecule is CC(O)C(Cl)(Cl)Cl.O=C(O)c1ccccc1. The van der Waals surface area contributed by atoms with Gasteiger partial charge in [0.25, 0.3) is 0 Å². The minimum atomic E-state index is -1.53. The topological polar surface area (TPSA) is 57.5 Å². The lowest BCUT2D eigenvalue weighted by atomic mass is 10.2. The molecule has 1 aromatic rings. The number of aliphatic hydroxyl groups excluding tert-OH is 1. The van der Waals surface area contributed by atoms with Crippen LogP contribution in [0.3, 0.4) is 0 Å². The summed E-state index contributed by atoms with van der Waals surface area (Å²) in [5.41, 5.74) is 0.331. The van der Waals surface area contributed by atoms with Crippen molar-refractivity contribution in [3.05, 3.63) is 35.9 Å². The van der Waals surface area contributed by atoms with Crippen molar-refractivity contribution in [2.75, 3.05) is 0 Å². The predicted molar refractivity (Wildman–Crippen MR) is 65.4 cm³/mol. The first-order chi connectivity index (χ1) is 7.25. The Hall–Kier alpha value is -0.480. The van der Waals surface area contributed by atoms with E-state index < -0.39 is 15.9 Å². The normalized spacial score (nSPS) is 12.3. The highest BCUT2D eigenvalue weighted by atomic mass is 35.6. The molecule has 0 saturated carbocycles. The van der Waals surface area contributed by atoms with Crippen LogP contribution in [-0.2, 0) is 0 Å². The molecule has 16 heavy (non-hydrogen) atoms. The third kappa shape index (κ3) is 6.90. The van der Waals surface area contributed by atoms with E-state index in [0.29, 0.717) is 5.56 Å². The number of hydrogen-bond acceptors (Lipinski definition) is 2. The molecule has 1 unspecified atom stereocenters. The Balaban J connectivity index is 0.000000293. The number of aromatic carboxylic acids is 1. The van der Waals surface area contributed by atoms with Crippen LogP contribution in [0.25, 0.3) is 0 Å². The Morgan fingerprint density at radius 3 is 1.81 bits per heavy atom. The Labute approximate surface area is 109 Å². The number of halogens is 3. The number of rotatable bonds is 1. The number of carbonyl (C=O) groups is 1.